The van der Waals surface area contributed by atoms with E-state index < -0.39 is 21.6 Å². The number of hydrogen-bond donors (Lipinski definition) is 0. The summed E-state index contributed by atoms with van der Waals surface area (Å²) < 4.78 is 20.4. The van der Waals surface area contributed by atoms with Crippen molar-refractivity contribution >= 4 is 44.8 Å². The predicted molar refractivity (Wildman–Crippen MR) is 78.6 cm³/mol. The lowest BCUT2D eigenvalue weighted by atomic mass is 10.6. The van der Waals surface area contributed by atoms with Crippen molar-refractivity contribution in [2.24, 2.45) is 0 Å². The van der Waals surface area contributed by atoms with Crippen molar-refractivity contribution in [2.45, 2.75) is 0 Å². The first-order valence-corrected chi connectivity index (χ1v) is 8.03. The van der Waals surface area contributed by atoms with E-state index in [0.29, 0.717) is 5.88 Å². The molecule has 6 heteroatoms. The van der Waals surface area contributed by atoms with Crippen LogP contribution < -0.4 is 0 Å². The molecule has 0 fully saturated rings. The van der Waals surface area contributed by atoms with E-state index in [-0.39, 0.29) is 0 Å². The maximum absolute atomic E-state index is 10.2. The van der Waals surface area contributed by atoms with Gasteiger partial charge in [0.2, 0.25) is 0 Å². The van der Waals surface area contributed by atoms with Gasteiger partial charge < -0.3 is 0 Å². The van der Waals surface area contributed by atoms with Crippen molar-refractivity contribution in [3.8, 4) is 0 Å². The van der Waals surface area contributed by atoms with E-state index in [1.54, 1.807) is 52.0 Å². The maximum Gasteiger partial charge on any atom is 0.0702 e. The van der Waals surface area contributed by atoms with Crippen LogP contribution in [0.5, 0.6) is 0 Å². The lowest BCUT2D eigenvalue weighted by Gasteiger charge is -1.65. The molecule has 0 unspecified atom stereocenters. The molecule has 0 aromatic heterocycles. The molecule has 0 aromatic rings. The van der Waals surface area contributed by atoms with Crippen LogP contribution in [0.3, 0.4) is 0 Å². The molecule has 94 valence electrons. The highest BCUT2D eigenvalue weighted by Gasteiger charge is 1.86. The summed E-state index contributed by atoms with van der Waals surface area (Å²) in [7, 11) is -1.57. The van der Waals surface area contributed by atoms with E-state index in [0.717, 1.165) is 0 Å². The molecule has 2 aliphatic heterocycles. The van der Waals surface area contributed by atoms with Gasteiger partial charge in [0.15, 0.2) is 0 Å². The molecule has 0 amide bonds. The Balaban J connectivity index is 0.000000228. The molecular weight excluding hydrogens is 299 g/mol. The molecule has 0 aliphatic carbocycles. The van der Waals surface area contributed by atoms with Gasteiger partial charge in [0.05, 0.1) is 21.6 Å². The zero-order valence-corrected chi connectivity index (χ0v) is 12.0. The van der Waals surface area contributed by atoms with Crippen LogP contribution in [0, 0.1) is 0 Å². The minimum absolute atomic E-state index is 0.503. The third-order valence-corrected chi connectivity index (χ3v) is 3.31. The van der Waals surface area contributed by atoms with Gasteiger partial charge in [0.1, 0.15) is 0 Å². The minimum Gasteiger partial charge on any atom is -0.250 e. The van der Waals surface area contributed by atoms with Crippen LogP contribution in [-0.4, -0.2) is 14.3 Å². The van der Waals surface area contributed by atoms with Gasteiger partial charge in [0, 0.05) is 33.0 Å². The molecule has 0 aromatic carbocycles. The predicted octanol–water partition coefficient (Wildman–Crippen LogP) is 3.53. The summed E-state index contributed by atoms with van der Waals surface area (Å²) in [4.78, 5) is 0. The van der Waals surface area contributed by atoms with Gasteiger partial charge in [-0.3, -0.25) is 8.42 Å². The first-order chi connectivity index (χ1) is 8.20. The number of alkyl halides is 1. The molecule has 0 bridgehead atoms. The summed E-state index contributed by atoms with van der Waals surface area (Å²) in [6.07, 6.45) is 8.75. The summed E-state index contributed by atoms with van der Waals surface area (Å²) in [6.45, 7) is 0. The third kappa shape index (κ3) is 11.8. The van der Waals surface area contributed by atoms with E-state index in [4.69, 9.17) is 23.2 Å². The Labute approximate surface area is 116 Å². The highest BCUT2D eigenvalue weighted by molar-refractivity contribution is 7.91. The molecule has 2 nitrogen and oxygen atoms in total. The summed E-state index contributed by atoms with van der Waals surface area (Å²) in [5.74, 6) is 0.503. The van der Waals surface area contributed by atoms with Crippen molar-refractivity contribution in [1.29, 1.82) is 0 Å². The van der Waals surface area contributed by atoms with Gasteiger partial charge in [0.25, 0.3) is 0 Å². The zero-order chi connectivity index (χ0) is 12.9. The fourth-order valence-corrected chi connectivity index (χ4v) is 2.05. The summed E-state index contributed by atoms with van der Waals surface area (Å²) >= 11 is 10.2. The zero-order valence-electron chi connectivity index (χ0n) is 8.87. The Morgan fingerprint density at radius 1 is 0.882 bits per heavy atom. The average Bonchev–Trinajstić information content (AvgIpc) is 2.95. The number of rotatable bonds is 1. The van der Waals surface area contributed by atoms with Crippen molar-refractivity contribution < 1.29 is 8.42 Å². The monoisotopic (exact) mass is 310 g/mol. The topological polar surface area (TPSA) is 34.1 Å². The van der Waals surface area contributed by atoms with Crippen LogP contribution in [0.25, 0.3) is 0 Å². The van der Waals surface area contributed by atoms with Crippen LogP contribution in [-0.2, 0) is 21.6 Å². The van der Waals surface area contributed by atoms with E-state index in [1.165, 1.54) is 5.54 Å². The van der Waals surface area contributed by atoms with Crippen molar-refractivity contribution in [3.05, 3.63) is 57.5 Å². The molecule has 0 radical (unpaired) electrons. The molecule has 0 saturated heterocycles. The van der Waals surface area contributed by atoms with Crippen LogP contribution in [0.2, 0.25) is 0 Å². The summed E-state index contributed by atoms with van der Waals surface area (Å²) in [5.41, 5.74) is 1.40. The Bertz CT molecular complexity index is 336. The second-order valence-electron chi connectivity index (χ2n) is 2.49. The summed E-state index contributed by atoms with van der Waals surface area (Å²) in [6, 6.07) is 0. The molecule has 0 N–H and O–H groups in total. The van der Waals surface area contributed by atoms with Crippen LogP contribution in [0.4, 0.5) is 0 Å². The molecule has 0 atom stereocenters. The van der Waals surface area contributed by atoms with E-state index in [9.17, 15) is 8.42 Å². The van der Waals surface area contributed by atoms with Gasteiger partial charge >= 0.3 is 0 Å². The lowest BCUT2D eigenvalue weighted by molar-refractivity contribution is 0.692. The quantitative estimate of drug-likeness (QED) is 0.694. The Morgan fingerprint density at radius 3 is 1.29 bits per heavy atom. The highest BCUT2D eigenvalue weighted by Crippen LogP contribution is 1.95. The number of halogens is 2. The first-order valence-electron chi connectivity index (χ1n) is 4.50. The minimum atomic E-state index is -0.784. The SMILES string of the molecule is ClC=CCCl.O=S1C=CC=C1.O=S1C=CC=C1. The number of allylic oxidation sites excluding steroid dienone is 5. The van der Waals surface area contributed by atoms with Crippen molar-refractivity contribution in [1.82, 2.24) is 0 Å². The molecule has 2 aliphatic rings. The Morgan fingerprint density at radius 2 is 1.24 bits per heavy atom. The van der Waals surface area contributed by atoms with E-state index in [2.05, 4.69) is 0 Å². The summed E-state index contributed by atoms with van der Waals surface area (Å²) in [5, 5.41) is 6.56. The standard InChI is InChI=1S/2C4H4OS.C3H4Cl2/c2*5-6-3-1-2-4-6;4-2-1-3-5/h2*1-4H;1-2H,3H2. The van der Waals surface area contributed by atoms with Gasteiger partial charge in [-0.05, 0) is 0 Å². The fraction of sp³-hybridized carbons (Fsp3) is 0.0909. The second-order valence-corrected chi connectivity index (χ2v) is 5.45. The Kier molecular flexibility index (Phi) is 11.8. The Hall–Kier alpha value is -0.420. The molecule has 0 spiro atoms. The van der Waals surface area contributed by atoms with Gasteiger partial charge in [-0.25, -0.2) is 0 Å². The average molecular weight is 311 g/mol. The number of hydrogen-bond acceptors (Lipinski definition) is 2. The smallest absolute Gasteiger partial charge is 0.0702 e. The molecular formula is C11H12Cl2O2S2. The fourth-order valence-electron chi connectivity index (χ4n) is 0.616. The van der Waals surface area contributed by atoms with Gasteiger partial charge in [-0.2, -0.15) is 0 Å². The molecule has 17 heavy (non-hydrogen) atoms. The van der Waals surface area contributed by atoms with Crippen LogP contribution >= 0.6 is 23.2 Å². The molecule has 2 heterocycles. The van der Waals surface area contributed by atoms with Gasteiger partial charge in [-0.15, -0.1) is 11.6 Å². The molecule has 2 rings (SSSR count). The largest absolute Gasteiger partial charge is 0.250 e. The van der Waals surface area contributed by atoms with Gasteiger partial charge in [-0.1, -0.05) is 42.0 Å². The van der Waals surface area contributed by atoms with Crippen LogP contribution in [0.1, 0.15) is 0 Å². The maximum atomic E-state index is 10.2. The van der Waals surface area contributed by atoms with Crippen molar-refractivity contribution in [3.63, 3.8) is 0 Å². The normalized spacial score (nSPS) is 17.1. The van der Waals surface area contributed by atoms with Crippen LogP contribution in [0.15, 0.2) is 57.5 Å². The van der Waals surface area contributed by atoms with E-state index >= 15 is 0 Å². The molecule has 0 saturated carbocycles. The first kappa shape index (κ1) is 16.6. The van der Waals surface area contributed by atoms with E-state index in [1.807, 2.05) is 0 Å². The third-order valence-electron chi connectivity index (χ3n) is 1.25. The highest BCUT2D eigenvalue weighted by atomic mass is 35.5. The second kappa shape index (κ2) is 12.0. The van der Waals surface area contributed by atoms with Crippen molar-refractivity contribution in [2.75, 3.05) is 5.88 Å². The lowest BCUT2D eigenvalue weighted by Crippen LogP contribution is -1.63.